The van der Waals surface area contributed by atoms with E-state index in [1.54, 1.807) is 5.32 Å². The Morgan fingerprint density at radius 2 is 1.18 bits per heavy atom. The number of phenolic OH excluding ortho intramolecular Hbond substituents is 1. The van der Waals surface area contributed by atoms with Crippen LogP contribution in [0.1, 0.15) is 27.0 Å². The number of hydrogen-bond acceptors (Lipinski definition) is 2. The molecule has 0 fully saturated rings. The smallest absolute Gasteiger partial charge is 0.416 e. The molecule has 12 heteroatoms. The molecule has 28 heavy (non-hydrogen) atoms. The molecule has 0 aliphatic heterocycles. The van der Waals surface area contributed by atoms with Gasteiger partial charge in [0.1, 0.15) is 5.75 Å². The Morgan fingerprint density at radius 1 is 0.714 bits per heavy atom. The van der Waals surface area contributed by atoms with E-state index in [-0.39, 0.29) is 24.3 Å². The molecule has 0 saturated carbocycles. The third-order valence-corrected chi connectivity index (χ3v) is 3.41. The van der Waals surface area contributed by atoms with Crippen molar-refractivity contribution in [3.8, 4) is 5.75 Å². The Morgan fingerprint density at radius 3 is 1.61 bits per heavy atom. The third kappa shape index (κ3) is 4.87. The zero-order valence-corrected chi connectivity index (χ0v) is 13.2. The van der Waals surface area contributed by atoms with Crippen molar-refractivity contribution >= 4 is 11.6 Å². The molecule has 2 aromatic carbocycles. The minimum absolute atomic E-state index is 0.178. The molecule has 2 aromatic rings. The van der Waals surface area contributed by atoms with Crippen LogP contribution in [0.2, 0.25) is 0 Å². The Hall–Kier alpha value is -2.92. The fourth-order valence-electron chi connectivity index (χ4n) is 2.12. The molecule has 152 valence electrons. The van der Waals surface area contributed by atoms with Crippen LogP contribution in [0.15, 0.2) is 36.4 Å². The molecule has 0 bridgehead atoms. The van der Waals surface area contributed by atoms with Crippen LogP contribution in [0.25, 0.3) is 0 Å². The van der Waals surface area contributed by atoms with Crippen molar-refractivity contribution in [3.63, 3.8) is 0 Å². The number of carbonyl (C=O) groups excluding carboxylic acids is 1. The maximum absolute atomic E-state index is 12.8. The topological polar surface area (TPSA) is 49.3 Å². The molecule has 0 radical (unpaired) electrons. The van der Waals surface area contributed by atoms with Crippen LogP contribution in [0.5, 0.6) is 5.75 Å². The first-order valence-corrected chi connectivity index (χ1v) is 7.10. The van der Waals surface area contributed by atoms with E-state index in [1.165, 1.54) is 0 Å². The number of halogens is 9. The second kappa shape index (κ2) is 6.91. The first-order valence-electron chi connectivity index (χ1n) is 7.10. The molecule has 3 nitrogen and oxygen atoms in total. The summed E-state index contributed by atoms with van der Waals surface area (Å²) in [6, 6.07) is 1.35. The average molecular weight is 417 g/mol. The largest absolute Gasteiger partial charge is 0.507 e. The van der Waals surface area contributed by atoms with Gasteiger partial charge in [-0.25, -0.2) is 0 Å². The summed E-state index contributed by atoms with van der Waals surface area (Å²) in [5.41, 5.74) is -6.77. The molecule has 0 heterocycles. The van der Waals surface area contributed by atoms with E-state index in [0.29, 0.717) is 12.1 Å². The zero-order valence-electron chi connectivity index (χ0n) is 13.2. The average Bonchev–Trinajstić information content (AvgIpc) is 2.52. The van der Waals surface area contributed by atoms with Crippen molar-refractivity contribution in [1.82, 2.24) is 0 Å². The first kappa shape index (κ1) is 21.4. The lowest BCUT2D eigenvalue weighted by Gasteiger charge is -2.15. The van der Waals surface area contributed by atoms with Gasteiger partial charge in [0.05, 0.1) is 22.3 Å². The molecule has 2 rings (SSSR count). The quantitative estimate of drug-likeness (QED) is 0.616. The number of nitrogens with one attached hydrogen (secondary N) is 1. The van der Waals surface area contributed by atoms with Crippen LogP contribution in [0, 0.1) is 0 Å². The van der Waals surface area contributed by atoms with Gasteiger partial charge in [0, 0.05) is 5.69 Å². The fourth-order valence-corrected chi connectivity index (χ4v) is 2.12. The van der Waals surface area contributed by atoms with Crippen molar-refractivity contribution in [1.29, 1.82) is 0 Å². The summed E-state index contributed by atoms with van der Waals surface area (Å²) in [5.74, 6) is -2.48. The number of alkyl halides is 9. The summed E-state index contributed by atoms with van der Waals surface area (Å²) in [5, 5.41) is 11.2. The molecule has 0 aromatic heterocycles. The van der Waals surface area contributed by atoms with E-state index < -0.39 is 58.1 Å². The van der Waals surface area contributed by atoms with Crippen molar-refractivity contribution in [2.75, 3.05) is 5.32 Å². The zero-order chi connectivity index (χ0) is 21.5. The summed E-state index contributed by atoms with van der Waals surface area (Å²) in [4.78, 5) is 12.0. The van der Waals surface area contributed by atoms with E-state index in [9.17, 15) is 49.4 Å². The van der Waals surface area contributed by atoms with Crippen LogP contribution < -0.4 is 5.32 Å². The van der Waals surface area contributed by atoms with E-state index in [1.807, 2.05) is 0 Å². The van der Waals surface area contributed by atoms with Gasteiger partial charge in [-0.3, -0.25) is 4.79 Å². The van der Waals surface area contributed by atoms with E-state index in [2.05, 4.69) is 0 Å². The number of aromatic hydroxyl groups is 1. The normalized spacial score (nSPS) is 12.8. The minimum atomic E-state index is -5.18. The molecule has 1 amide bonds. The number of rotatable bonds is 2. The molecule has 0 aliphatic carbocycles. The lowest BCUT2D eigenvalue weighted by atomic mass is 10.1. The SMILES string of the molecule is O=C(Nc1cc(C(F)(F)F)cc(C(F)(F)F)c1)c1cc(C(F)(F)F)ccc1O. The summed E-state index contributed by atoms with van der Waals surface area (Å²) in [6.07, 6.45) is -15.3. The molecule has 0 unspecified atom stereocenters. The Kier molecular flexibility index (Phi) is 5.28. The summed E-state index contributed by atoms with van der Waals surface area (Å²) < 4.78 is 115. The molecule has 2 N–H and O–H groups in total. The molecule has 0 atom stereocenters. The fraction of sp³-hybridized carbons (Fsp3) is 0.188. The lowest BCUT2D eigenvalue weighted by molar-refractivity contribution is -0.143. The van der Waals surface area contributed by atoms with Crippen molar-refractivity contribution in [3.05, 3.63) is 58.7 Å². The Labute approximate surface area is 150 Å². The second-order valence-corrected chi connectivity index (χ2v) is 5.48. The van der Waals surface area contributed by atoms with E-state index in [0.717, 1.165) is 0 Å². The first-order chi connectivity index (χ1) is 12.6. The number of carbonyl (C=O) groups is 1. The van der Waals surface area contributed by atoms with Crippen LogP contribution in [0.4, 0.5) is 45.2 Å². The number of hydrogen-bond donors (Lipinski definition) is 2. The maximum atomic E-state index is 12.8. The van der Waals surface area contributed by atoms with Gasteiger partial charge in [0.2, 0.25) is 0 Å². The van der Waals surface area contributed by atoms with Gasteiger partial charge >= 0.3 is 18.5 Å². The van der Waals surface area contributed by atoms with Gasteiger partial charge in [-0.2, -0.15) is 39.5 Å². The Balaban J connectivity index is 2.47. The van der Waals surface area contributed by atoms with Crippen LogP contribution in [-0.2, 0) is 18.5 Å². The van der Waals surface area contributed by atoms with Crippen LogP contribution in [0.3, 0.4) is 0 Å². The predicted molar refractivity (Wildman–Crippen MR) is 77.5 cm³/mol. The minimum Gasteiger partial charge on any atom is -0.507 e. The van der Waals surface area contributed by atoms with Gasteiger partial charge in [0.15, 0.2) is 0 Å². The van der Waals surface area contributed by atoms with Gasteiger partial charge in [-0.05, 0) is 36.4 Å². The summed E-state index contributed by atoms with van der Waals surface area (Å²) >= 11 is 0. The highest BCUT2D eigenvalue weighted by molar-refractivity contribution is 6.06. The number of benzene rings is 2. The number of phenols is 1. The molecule has 0 saturated heterocycles. The molecular formula is C16H8F9NO2. The maximum Gasteiger partial charge on any atom is 0.416 e. The second-order valence-electron chi connectivity index (χ2n) is 5.48. The van der Waals surface area contributed by atoms with Gasteiger partial charge in [-0.15, -0.1) is 0 Å². The predicted octanol–water partition coefficient (Wildman–Crippen LogP) is 5.70. The Bertz CT molecular complexity index is 866. The molecule has 0 aliphatic rings. The summed E-state index contributed by atoms with van der Waals surface area (Å²) in [6.45, 7) is 0. The van der Waals surface area contributed by atoms with E-state index >= 15 is 0 Å². The highest BCUT2D eigenvalue weighted by Crippen LogP contribution is 2.38. The standard InChI is InChI=1S/C16H8F9NO2/c17-14(18,19)7-1-2-12(27)11(6-7)13(28)26-10-4-8(15(20,21)22)3-9(5-10)16(23,24)25/h1-6,27H,(H,26,28). The highest BCUT2D eigenvalue weighted by atomic mass is 19.4. The van der Waals surface area contributed by atoms with Gasteiger partial charge in [-0.1, -0.05) is 0 Å². The van der Waals surface area contributed by atoms with Crippen LogP contribution >= 0.6 is 0 Å². The number of anilines is 1. The van der Waals surface area contributed by atoms with Crippen molar-refractivity contribution in [2.24, 2.45) is 0 Å². The third-order valence-electron chi connectivity index (χ3n) is 3.41. The monoisotopic (exact) mass is 417 g/mol. The van der Waals surface area contributed by atoms with Crippen molar-refractivity contribution < 1.29 is 49.4 Å². The summed E-state index contributed by atoms with van der Waals surface area (Å²) in [7, 11) is 0. The highest BCUT2D eigenvalue weighted by Gasteiger charge is 2.37. The van der Waals surface area contributed by atoms with Gasteiger partial charge in [0.25, 0.3) is 5.91 Å². The molecule has 0 spiro atoms. The van der Waals surface area contributed by atoms with Crippen LogP contribution in [-0.4, -0.2) is 11.0 Å². The molecular weight excluding hydrogens is 409 g/mol. The van der Waals surface area contributed by atoms with E-state index in [4.69, 9.17) is 0 Å². The lowest BCUT2D eigenvalue weighted by Crippen LogP contribution is -2.17. The van der Waals surface area contributed by atoms with Gasteiger partial charge < -0.3 is 10.4 Å². The van der Waals surface area contributed by atoms with Crippen molar-refractivity contribution in [2.45, 2.75) is 18.5 Å². The number of amides is 1.